The van der Waals surface area contributed by atoms with E-state index in [2.05, 4.69) is 174 Å². The van der Waals surface area contributed by atoms with E-state index in [1.165, 1.54) is 54.4 Å². The summed E-state index contributed by atoms with van der Waals surface area (Å²) < 4.78 is 0. The van der Waals surface area contributed by atoms with Crippen LogP contribution < -0.4 is 16.0 Å². The SMILES string of the molecule is c1ccc(C2NC(c3cccc(-c4ccc5c6c(ccc5c4)NC(c4ccccc4)S6)c3)=NC(c3ccc4ccccc4c3)N2)cc1. The summed E-state index contributed by atoms with van der Waals surface area (Å²) in [5.41, 5.74) is 8.23. The van der Waals surface area contributed by atoms with Crippen LogP contribution in [0, 0.1) is 0 Å². The van der Waals surface area contributed by atoms with Gasteiger partial charge in [-0.05, 0) is 73.6 Å². The van der Waals surface area contributed by atoms with Crippen molar-refractivity contribution in [2.24, 2.45) is 4.99 Å². The maximum Gasteiger partial charge on any atom is 0.131 e. The van der Waals surface area contributed by atoms with Crippen LogP contribution in [-0.4, -0.2) is 5.84 Å². The summed E-state index contributed by atoms with van der Waals surface area (Å²) in [6.07, 6.45) is -0.282. The highest BCUT2D eigenvalue weighted by molar-refractivity contribution is 8.00. The average molecular weight is 625 g/mol. The van der Waals surface area contributed by atoms with E-state index in [4.69, 9.17) is 4.99 Å². The smallest absolute Gasteiger partial charge is 0.131 e. The number of benzene rings is 7. The number of thioether (sulfide) groups is 1. The second kappa shape index (κ2) is 11.8. The molecule has 7 aromatic rings. The van der Waals surface area contributed by atoms with E-state index < -0.39 is 0 Å². The van der Waals surface area contributed by atoms with Crippen molar-refractivity contribution in [2.75, 3.05) is 5.32 Å². The second-order valence-electron chi connectivity index (χ2n) is 12.2. The molecular weight excluding hydrogens is 593 g/mol. The lowest BCUT2D eigenvalue weighted by Crippen LogP contribution is -2.44. The molecular formula is C42H32N4S. The van der Waals surface area contributed by atoms with Gasteiger partial charge in [-0.25, -0.2) is 4.99 Å². The van der Waals surface area contributed by atoms with Gasteiger partial charge in [-0.3, -0.25) is 5.32 Å². The molecule has 2 heterocycles. The number of aliphatic imine (C=N–C) groups is 1. The van der Waals surface area contributed by atoms with Gasteiger partial charge in [-0.1, -0.05) is 145 Å². The Kier molecular flexibility index (Phi) is 6.99. The van der Waals surface area contributed by atoms with Crippen LogP contribution in [0.1, 0.15) is 40.0 Å². The van der Waals surface area contributed by atoms with Gasteiger partial charge in [-0.15, -0.1) is 0 Å². The summed E-state index contributed by atoms with van der Waals surface area (Å²) in [5.74, 6) is 0.880. The summed E-state index contributed by atoms with van der Waals surface area (Å²) in [6.45, 7) is 0. The third-order valence-corrected chi connectivity index (χ3v) is 10.5. The molecule has 0 fully saturated rings. The summed E-state index contributed by atoms with van der Waals surface area (Å²) in [5, 5.41) is 16.4. The van der Waals surface area contributed by atoms with E-state index in [-0.39, 0.29) is 17.7 Å². The Hall–Kier alpha value is -5.36. The van der Waals surface area contributed by atoms with Gasteiger partial charge < -0.3 is 10.6 Å². The first-order valence-electron chi connectivity index (χ1n) is 16.0. The molecule has 0 radical (unpaired) electrons. The molecule has 47 heavy (non-hydrogen) atoms. The Labute approximate surface area is 278 Å². The van der Waals surface area contributed by atoms with Crippen LogP contribution >= 0.6 is 11.8 Å². The van der Waals surface area contributed by atoms with Gasteiger partial charge >= 0.3 is 0 Å². The van der Waals surface area contributed by atoms with E-state index in [1.807, 2.05) is 11.8 Å². The van der Waals surface area contributed by atoms with Gasteiger partial charge in [0.15, 0.2) is 0 Å². The Morgan fingerprint density at radius 3 is 2.06 bits per heavy atom. The molecule has 0 saturated heterocycles. The van der Waals surface area contributed by atoms with E-state index >= 15 is 0 Å². The quantitative estimate of drug-likeness (QED) is 0.178. The van der Waals surface area contributed by atoms with Gasteiger partial charge in [0, 0.05) is 16.1 Å². The van der Waals surface area contributed by atoms with Crippen LogP contribution in [0.4, 0.5) is 5.69 Å². The molecule has 0 amide bonds. The minimum Gasteiger partial charge on any atom is -0.368 e. The Balaban J connectivity index is 1.06. The fraction of sp³-hybridized carbons (Fsp3) is 0.0714. The Bertz CT molecular complexity index is 2280. The van der Waals surface area contributed by atoms with Crippen LogP contribution in [0.3, 0.4) is 0 Å². The topological polar surface area (TPSA) is 48.5 Å². The van der Waals surface area contributed by atoms with Crippen LogP contribution in [0.15, 0.2) is 168 Å². The molecule has 3 N–H and O–H groups in total. The molecule has 0 bridgehead atoms. The van der Waals surface area contributed by atoms with Crippen LogP contribution in [0.5, 0.6) is 0 Å². The minimum atomic E-state index is -0.196. The summed E-state index contributed by atoms with van der Waals surface area (Å²) in [4.78, 5) is 6.56. The normalized spacial score (nSPS) is 18.7. The highest BCUT2D eigenvalue weighted by atomic mass is 32.2. The first-order valence-corrected chi connectivity index (χ1v) is 16.9. The predicted molar refractivity (Wildman–Crippen MR) is 197 cm³/mol. The third-order valence-electron chi connectivity index (χ3n) is 9.15. The lowest BCUT2D eigenvalue weighted by Gasteiger charge is -2.32. The molecule has 0 aromatic heterocycles. The van der Waals surface area contributed by atoms with Crippen molar-refractivity contribution >= 4 is 44.8 Å². The molecule has 5 heteroatoms. The highest BCUT2D eigenvalue weighted by Gasteiger charge is 2.27. The number of rotatable bonds is 5. The first kappa shape index (κ1) is 27.9. The number of hydrogen-bond acceptors (Lipinski definition) is 5. The molecule has 0 saturated carbocycles. The summed E-state index contributed by atoms with van der Waals surface area (Å²) in [6, 6.07) is 56.3. The zero-order chi connectivity index (χ0) is 31.2. The number of hydrogen-bond donors (Lipinski definition) is 3. The van der Waals surface area contributed by atoms with Crippen molar-refractivity contribution < 1.29 is 0 Å². The molecule has 2 aliphatic rings. The van der Waals surface area contributed by atoms with Crippen molar-refractivity contribution in [3.63, 3.8) is 0 Å². The lowest BCUT2D eigenvalue weighted by molar-refractivity contribution is 0.409. The molecule has 4 nitrogen and oxygen atoms in total. The monoisotopic (exact) mass is 624 g/mol. The number of nitrogens with one attached hydrogen (secondary N) is 3. The zero-order valence-corrected chi connectivity index (χ0v) is 26.4. The molecule has 9 rings (SSSR count). The summed E-state index contributed by atoms with van der Waals surface area (Å²) >= 11 is 1.90. The average Bonchev–Trinajstić information content (AvgIpc) is 3.60. The zero-order valence-electron chi connectivity index (χ0n) is 25.6. The standard InChI is InChI=1S/C42H32N4S/c1-3-11-28(12-4-1)39-44-40(46-41(45-39)35-19-18-27-10-7-8-15-30(27)25-35)34-17-9-16-31(26-34)32-20-22-36-33(24-32)21-23-37-38(36)47-42(43-37)29-13-5-2-6-14-29/h1-26,39,41-43,45H,(H,44,46). The molecule has 7 aromatic carbocycles. The largest absolute Gasteiger partial charge is 0.368 e. The van der Waals surface area contributed by atoms with E-state index in [0.717, 1.165) is 17.0 Å². The van der Waals surface area contributed by atoms with E-state index in [0.29, 0.717) is 0 Å². The predicted octanol–water partition coefficient (Wildman–Crippen LogP) is 10.2. The molecule has 3 atom stereocenters. The number of amidine groups is 1. The fourth-order valence-corrected chi connectivity index (χ4v) is 7.99. The van der Waals surface area contributed by atoms with E-state index in [9.17, 15) is 0 Å². The van der Waals surface area contributed by atoms with Gasteiger partial charge in [0.25, 0.3) is 0 Å². The molecule has 226 valence electrons. The van der Waals surface area contributed by atoms with Gasteiger partial charge in [0.1, 0.15) is 23.5 Å². The molecule has 0 aliphatic carbocycles. The highest BCUT2D eigenvalue weighted by Crippen LogP contribution is 2.50. The van der Waals surface area contributed by atoms with Crippen LogP contribution in [0.2, 0.25) is 0 Å². The first-order chi connectivity index (χ1) is 23.2. The molecule has 0 spiro atoms. The summed E-state index contributed by atoms with van der Waals surface area (Å²) in [7, 11) is 0. The van der Waals surface area contributed by atoms with Crippen LogP contribution in [-0.2, 0) is 0 Å². The van der Waals surface area contributed by atoms with Crippen LogP contribution in [0.25, 0.3) is 32.7 Å². The van der Waals surface area contributed by atoms with Crippen molar-refractivity contribution in [3.05, 3.63) is 180 Å². The van der Waals surface area contributed by atoms with Gasteiger partial charge in [0.05, 0.1) is 0 Å². The number of fused-ring (bicyclic) bond motifs is 4. The second-order valence-corrected chi connectivity index (χ2v) is 13.3. The van der Waals surface area contributed by atoms with Crippen molar-refractivity contribution in [3.8, 4) is 11.1 Å². The van der Waals surface area contributed by atoms with E-state index in [1.54, 1.807) is 0 Å². The minimum absolute atomic E-state index is 0.0857. The van der Waals surface area contributed by atoms with Crippen molar-refractivity contribution in [1.82, 2.24) is 10.6 Å². The fourth-order valence-electron chi connectivity index (χ4n) is 6.71. The van der Waals surface area contributed by atoms with Crippen molar-refractivity contribution in [1.29, 1.82) is 0 Å². The lowest BCUT2D eigenvalue weighted by atomic mass is 9.98. The Morgan fingerprint density at radius 1 is 0.489 bits per heavy atom. The molecule has 2 aliphatic heterocycles. The van der Waals surface area contributed by atoms with Crippen molar-refractivity contribution in [2.45, 2.75) is 22.6 Å². The molecule has 3 unspecified atom stereocenters. The Morgan fingerprint density at radius 2 is 1.21 bits per heavy atom. The number of nitrogens with zero attached hydrogens (tertiary/aromatic N) is 1. The maximum absolute atomic E-state index is 5.25. The van der Waals surface area contributed by atoms with Gasteiger partial charge in [-0.2, -0.15) is 0 Å². The maximum atomic E-state index is 5.25. The number of anilines is 1. The third kappa shape index (κ3) is 5.34. The van der Waals surface area contributed by atoms with Gasteiger partial charge in [0.2, 0.25) is 0 Å².